The second kappa shape index (κ2) is 3.97. The molecule has 2 unspecified atom stereocenters. The molecule has 1 fully saturated rings. The van der Waals surface area contributed by atoms with Crippen LogP contribution in [0, 0.1) is 5.92 Å². The van der Waals surface area contributed by atoms with Crippen molar-refractivity contribution in [2.45, 2.75) is 45.6 Å². The maximum atomic E-state index is 5.63. The normalized spacial score (nSPS) is 34.2. The molecule has 0 saturated carbocycles. The molecule has 60 valence electrons. The van der Waals surface area contributed by atoms with Gasteiger partial charge in [-0.2, -0.15) is 0 Å². The van der Waals surface area contributed by atoms with E-state index in [1.165, 1.54) is 25.7 Å². The van der Waals surface area contributed by atoms with E-state index in [2.05, 4.69) is 13.8 Å². The molecular formula is C9H18O. The molecule has 1 saturated heterocycles. The Hall–Kier alpha value is -0.0400. The first-order chi connectivity index (χ1) is 4.83. The van der Waals surface area contributed by atoms with Crippen molar-refractivity contribution in [3.05, 3.63) is 0 Å². The Morgan fingerprint density at radius 3 is 2.70 bits per heavy atom. The number of hydrogen-bond donors (Lipinski definition) is 0. The summed E-state index contributed by atoms with van der Waals surface area (Å²) in [6.45, 7) is 5.48. The Bertz CT molecular complexity index is 82.7. The van der Waals surface area contributed by atoms with Crippen LogP contribution in [0.4, 0.5) is 0 Å². The van der Waals surface area contributed by atoms with Gasteiger partial charge in [-0.05, 0) is 25.2 Å². The van der Waals surface area contributed by atoms with Crippen LogP contribution >= 0.6 is 0 Å². The van der Waals surface area contributed by atoms with Crippen LogP contribution in [0.15, 0.2) is 0 Å². The van der Waals surface area contributed by atoms with Crippen LogP contribution in [-0.2, 0) is 4.74 Å². The second-order valence-electron chi connectivity index (χ2n) is 3.43. The predicted molar refractivity (Wildman–Crippen MR) is 43.0 cm³/mol. The van der Waals surface area contributed by atoms with Crippen molar-refractivity contribution < 1.29 is 4.74 Å². The topological polar surface area (TPSA) is 9.23 Å². The van der Waals surface area contributed by atoms with Gasteiger partial charge in [0.25, 0.3) is 0 Å². The lowest BCUT2D eigenvalue weighted by Gasteiger charge is -2.26. The minimum absolute atomic E-state index is 0.584. The summed E-state index contributed by atoms with van der Waals surface area (Å²) in [5.74, 6) is 0.799. The number of ether oxygens (including phenoxy) is 1. The van der Waals surface area contributed by atoms with Gasteiger partial charge in [-0.25, -0.2) is 0 Å². The molecule has 0 radical (unpaired) electrons. The molecule has 0 aromatic heterocycles. The molecule has 2 atom stereocenters. The molecular weight excluding hydrogens is 124 g/mol. The van der Waals surface area contributed by atoms with E-state index in [1.54, 1.807) is 0 Å². The van der Waals surface area contributed by atoms with E-state index in [-0.39, 0.29) is 0 Å². The van der Waals surface area contributed by atoms with Gasteiger partial charge in [-0.3, -0.25) is 0 Å². The Morgan fingerprint density at radius 2 is 2.20 bits per heavy atom. The third-order valence-corrected chi connectivity index (χ3v) is 2.21. The SMILES string of the molecule is CCCC1CCC(C)CO1. The van der Waals surface area contributed by atoms with Crippen LogP contribution in [0.3, 0.4) is 0 Å². The average Bonchev–Trinajstić information content (AvgIpc) is 1.95. The van der Waals surface area contributed by atoms with E-state index in [9.17, 15) is 0 Å². The van der Waals surface area contributed by atoms with Crippen LogP contribution in [-0.4, -0.2) is 12.7 Å². The second-order valence-corrected chi connectivity index (χ2v) is 3.43. The van der Waals surface area contributed by atoms with Crippen molar-refractivity contribution >= 4 is 0 Å². The third kappa shape index (κ3) is 2.30. The van der Waals surface area contributed by atoms with Gasteiger partial charge >= 0.3 is 0 Å². The number of rotatable bonds is 2. The molecule has 10 heavy (non-hydrogen) atoms. The zero-order valence-electron chi connectivity index (χ0n) is 7.10. The highest BCUT2D eigenvalue weighted by Gasteiger charge is 2.16. The van der Waals surface area contributed by atoms with Gasteiger partial charge in [0.1, 0.15) is 0 Å². The standard InChI is InChI=1S/C9H18O/c1-3-4-9-6-5-8(2)7-10-9/h8-9H,3-7H2,1-2H3. The Labute approximate surface area is 63.8 Å². The largest absolute Gasteiger partial charge is 0.378 e. The average molecular weight is 142 g/mol. The van der Waals surface area contributed by atoms with Gasteiger partial charge in [-0.1, -0.05) is 20.3 Å². The van der Waals surface area contributed by atoms with Gasteiger partial charge in [0.2, 0.25) is 0 Å². The van der Waals surface area contributed by atoms with E-state index in [0.717, 1.165) is 12.5 Å². The first-order valence-corrected chi connectivity index (χ1v) is 4.44. The van der Waals surface area contributed by atoms with Crippen LogP contribution in [0.2, 0.25) is 0 Å². The molecule has 1 aliphatic heterocycles. The first kappa shape index (κ1) is 8.06. The molecule has 1 rings (SSSR count). The lowest BCUT2D eigenvalue weighted by atomic mass is 9.98. The molecule has 0 bridgehead atoms. The highest BCUT2D eigenvalue weighted by Crippen LogP contribution is 2.20. The summed E-state index contributed by atoms with van der Waals surface area (Å²) in [5, 5.41) is 0. The summed E-state index contributed by atoms with van der Waals surface area (Å²) in [5.41, 5.74) is 0. The Balaban J connectivity index is 2.13. The van der Waals surface area contributed by atoms with Crippen LogP contribution in [0.25, 0.3) is 0 Å². The maximum Gasteiger partial charge on any atom is 0.0575 e. The Kier molecular flexibility index (Phi) is 3.20. The monoisotopic (exact) mass is 142 g/mol. The summed E-state index contributed by atoms with van der Waals surface area (Å²) < 4.78 is 5.63. The molecule has 1 heterocycles. The smallest absolute Gasteiger partial charge is 0.0575 e. The third-order valence-electron chi connectivity index (χ3n) is 2.21. The summed E-state index contributed by atoms with van der Waals surface area (Å²) >= 11 is 0. The fourth-order valence-corrected chi connectivity index (χ4v) is 1.49. The minimum Gasteiger partial charge on any atom is -0.378 e. The van der Waals surface area contributed by atoms with Gasteiger partial charge in [0.15, 0.2) is 0 Å². The van der Waals surface area contributed by atoms with E-state index in [0.29, 0.717) is 6.10 Å². The zero-order valence-corrected chi connectivity index (χ0v) is 7.10. The molecule has 0 aromatic rings. The van der Waals surface area contributed by atoms with Crippen molar-refractivity contribution in [2.24, 2.45) is 5.92 Å². The fourth-order valence-electron chi connectivity index (χ4n) is 1.49. The fraction of sp³-hybridized carbons (Fsp3) is 1.00. The van der Waals surface area contributed by atoms with Gasteiger partial charge in [0.05, 0.1) is 6.10 Å². The van der Waals surface area contributed by atoms with Crippen LogP contribution < -0.4 is 0 Å². The van der Waals surface area contributed by atoms with Gasteiger partial charge in [-0.15, -0.1) is 0 Å². The van der Waals surface area contributed by atoms with Gasteiger partial charge in [0, 0.05) is 6.61 Å². The van der Waals surface area contributed by atoms with Gasteiger partial charge < -0.3 is 4.74 Å². The molecule has 0 N–H and O–H groups in total. The molecule has 0 amide bonds. The summed E-state index contributed by atoms with van der Waals surface area (Å²) in [6, 6.07) is 0. The highest BCUT2D eigenvalue weighted by atomic mass is 16.5. The lowest BCUT2D eigenvalue weighted by Crippen LogP contribution is -2.23. The Morgan fingerprint density at radius 1 is 1.40 bits per heavy atom. The van der Waals surface area contributed by atoms with E-state index < -0.39 is 0 Å². The summed E-state index contributed by atoms with van der Waals surface area (Å²) in [4.78, 5) is 0. The lowest BCUT2D eigenvalue weighted by molar-refractivity contribution is -0.0152. The van der Waals surface area contributed by atoms with Crippen molar-refractivity contribution in [3.8, 4) is 0 Å². The van der Waals surface area contributed by atoms with E-state index in [4.69, 9.17) is 4.74 Å². The molecule has 1 aliphatic rings. The van der Waals surface area contributed by atoms with E-state index >= 15 is 0 Å². The molecule has 1 nitrogen and oxygen atoms in total. The predicted octanol–water partition coefficient (Wildman–Crippen LogP) is 2.60. The van der Waals surface area contributed by atoms with Crippen LogP contribution in [0.1, 0.15) is 39.5 Å². The number of hydrogen-bond acceptors (Lipinski definition) is 1. The maximum absolute atomic E-state index is 5.63. The van der Waals surface area contributed by atoms with Crippen molar-refractivity contribution in [1.29, 1.82) is 0 Å². The minimum atomic E-state index is 0.584. The van der Waals surface area contributed by atoms with Crippen molar-refractivity contribution in [1.82, 2.24) is 0 Å². The summed E-state index contributed by atoms with van der Waals surface area (Å²) in [6.07, 6.45) is 5.76. The van der Waals surface area contributed by atoms with Crippen molar-refractivity contribution in [3.63, 3.8) is 0 Å². The molecule has 1 heteroatoms. The van der Waals surface area contributed by atoms with E-state index in [1.807, 2.05) is 0 Å². The van der Waals surface area contributed by atoms with Crippen molar-refractivity contribution in [2.75, 3.05) is 6.61 Å². The molecule has 0 spiro atoms. The first-order valence-electron chi connectivity index (χ1n) is 4.44. The summed E-state index contributed by atoms with van der Waals surface area (Å²) in [7, 11) is 0. The molecule has 0 aromatic carbocycles. The zero-order chi connectivity index (χ0) is 7.40. The molecule has 0 aliphatic carbocycles. The highest BCUT2D eigenvalue weighted by molar-refractivity contribution is 4.66. The quantitative estimate of drug-likeness (QED) is 0.576. The van der Waals surface area contributed by atoms with Crippen LogP contribution in [0.5, 0.6) is 0 Å².